The summed E-state index contributed by atoms with van der Waals surface area (Å²) >= 11 is 10.7. The fourth-order valence-electron chi connectivity index (χ4n) is 2.48. The van der Waals surface area contributed by atoms with Crippen molar-refractivity contribution < 1.29 is 18.7 Å². The van der Waals surface area contributed by atoms with Gasteiger partial charge in [-0.25, -0.2) is 14.2 Å². The zero-order valence-corrected chi connectivity index (χ0v) is 18.0. The van der Waals surface area contributed by atoms with Gasteiger partial charge in [-0.2, -0.15) is 0 Å². The number of nitrogens with zero attached hydrogens (tertiary/aromatic N) is 1. The number of carbonyl (C=O) groups is 1. The van der Waals surface area contributed by atoms with E-state index in [0.717, 1.165) is 10.6 Å². The predicted molar refractivity (Wildman–Crippen MR) is 111 cm³/mol. The Morgan fingerprint density at radius 1 is 1.25 bits per heavy atom. The standard InChI is InChI=1S/C20H16BrClFNO3S/c1-2-26-20(25)17-11-28-19(24-17)8-13-7-15(22)5-6-18(13)27-10-12-3-4-14(21)9-16(12)23/h3-7,9,11H,2,8,10H2,1H3. The van der Waals surface area contributed by atoms with Crippen LogP contribution in [0.3, 0.4) is 0 Å². The fourth-order valence-corrected chi connectivity index (χ4v) is 3.79. The summed E-state index contributed by atoms with van der Waals surface area (Å²) in [7, 11) is 0. The lowest BCUT2D eigenvalue weighted by atomic mass is 10.1. The number of esters is 1. The molecule has 0 unspecified atom stereocenters. The summed E-state index contributed by atoms with van der Waals surface area (Å²) in [4.78, 5) is 16.1. The molecule has 0 aliphatic rings. The van der Waals surface area contributed by atoms with E-state index in [9.17, 15) is 9.18 Å². The highest BCUT2D eigenvalue weighted by Crippen LogP contribution is 2.28. The molecule has 8 heteroatoms. The van der Waals surface area contributed by atoms with Gasteiger partial charge in [-0.05, 0) is 37.3 Å². The highest BCUT2D eigenvalue weighted by molar-refractivity contribution is 9.10. The lowest BCUT2D eigenvalue weighted by Gasteiger charge is -2.12. The number of rotatable bonds is 7. The number of halogens is 3. The van der Waals surface area contributed by atoms with Crippen molar-refractivity contribution in [2.75, 3.05) is 6.61 Å². The van der Waals surface area contributed by atoms with Crippen LogP contribution < -0.4 is 4.74 Å². The molecular formula is C20H16BrClFNO3S. The Balaban J connectivity index is 1.76. The van der Waals surface area contributed by atoms with Crippen molar-refractivity contribution in [1.82, 2.24) is 4.98 Å². The number of benzene rings is 2. The highest BCUT2D eigenvalue weighted by Gasteiger charge is 2.14. The van der Waals surface area contributed by atoms with E-state index in [0.29, 0.717) is 33.8 Å². The van der Waals surface area contributed by atoms with Gasteiger partial charge in [0.2, 0.25) is 0 Å². The summed E-state index contributed by atoms with van der Waals surface area (Å²) in [6.07, 6.45) is 0.433. The minimum atomic E-state index is -0.446. The van der Waals surface area contributed by atoms with E-state index in [1.54, 1.807) is 42.6 Å². The summed E-state index contributed by atoms with van der Waals surface area (Å²) in [6.45, 7) is 2.12. The monoisotopic (exact) mass is 483 g/mol. The smallest absolute Gasteiger partial charge is 0.357 e. The molecule has 0 bridgehead atoms. The average molecular weight is 485 g/mol. The van der Waals surface area contributed by atoms with Crippen LogP contribution in [0, 0.1) is 5.82 Å². The van der Waals surface area contributed by atoms with Crippen LogP contribution in [0.1, 0.15) is 33.5 Å². The third kappa shape index (κ3) is 5.31. The summed E-state index contributed by atoms with van der Waals surface area (Å²) in [6, 6.07) is 10.1. The average Bonchev–Trinajstić information content (AvgIpc) is 3.11. The zero-order valence-electron chi connectivity index (χ0n) is 14.9. The maximum absolute atomic E-state index is 14.0. The number of carbonyl (C=O) groups excluding carboxylic acids is 1. The Morgan fingerprint density at radius 2 is 2.07 bits per heavy atom. The van der Waals surface area contributed by atoms with Crippen LogP contribution in [-0.4, -0.2) is 17.6 Å². The van der Waals surface area contributed by atoms with Gasteiger partial charge in [-0.1, -0.05) is 33.6 Å². The molecule has 3 rings (SSSR count). The summed E-state index contributed by atoms with van der Waals surface area (Å²) < 4.78 is 25.5. The minimum absolute atomic E-state index is 0.0830. The summed E-state index contributed by atoms with van der Waals surface area (Å²) in [5.41, 5.74) is 1.53. The molecule has 4 nitrogen and oxygen atoms in total. The van der Waals surface area contributed by atoms with Gasteiger partial charge in [0.15, 0.2) is 5.69 Å². The Bertz CT molecular complexity index is 995. The molecule has 3 aromatic rings. The number of hydrogen-bond donors (Lipinski definition) is 0. The fraction of sp³-hybridized carbons (Fsp3) is 0.200. The van der Waals surface area contributed by atoms with E-state index in [2.05, 4.69) is 20.9 Å². The molecule has 0 saturated heterocycles. The van der Waals surface area contributed by atoms with Crippen molar-refractivity contribution in [1.29, 1.82) is 0 Å². The van der Waals surface area contributed by atoms with Crippen LogP contribution in [0.25, 0.3) is 0 Å². The van der Waals surface area contributed by atoms with E-state index in [-0.39, 0.29) is 18.1 Å². The zero-order chi connectivity index (χ0) is 20.1. The van der Waals surface area contributed by atoms with Crippen molar-refractivity contribution in [3.8, 4) is 5.75 Å². The molecule has 1 aromatic heterocycles. The molecule has 146 valence electrons. The lowest BCUT2D eigenvalue weighted by molar-refractivity contribution is 0.0520. The van der Waals surface area contributed by atoms with Crippen LogP contribution >= 0.6 is 38.9 Å². The Morgan fingerprint density at radius 3 is 2.82 bits per heavy atom. The van der Waals surface area contributed by atoms with Gasteiger partial charge >= 0.3 is 5.97 Å². The maximum Gasteiger partial charge on any atom is 0.357 e. The molecule has 1 heterocycles. The SMILES string of the molecule is CCOC(=O)c1csc(Cc2cc(Cl)ccc2OCc2ccc(Br)cc2F)n1. The molecule has 0 saturated carbocycles. The largest absolute Gasteiger partial charge is 0.488 e. The molecule has 2 aromatic carbocycles. The second-order valence-corrected chi connectivity index (χ2v) is 8.09. The van der Waals surface area contributed by atoms with Gasteiger partial charge in [-0.15, -0.1) is 11.3 Å². The van der Waals surface area contributed by atoms with Crippen molar-refractivity contribution in [3.63, 3.8) is 0 Å². The summed E-state index contributed by atoms with van der Waals surface area (Å²) in [5, 5.41) is 2.94. The van der Waals surface area contributed by atoms with Gasteiger partial charge in [0.05, 0.1) is 11.6 Å². The van der Waals surface area contributed by atoms with Gasteiger partial charge in [0, 0.05) is 32.4 Å². The van der Waals surface area contributed by atoms with Crippen molar-refractivity contribution in [2.24, 2.45) is 0 Å². The molecule has 0 atom stereocenters. The molecule has 0 N–H and O–H groups in total. The first-order chi connectivity index (χ1) is 13.5. The summed E-state index contributed by atoms with van der Waals surface area (Å²) in [5.74, 6) is -0.207. The first-order valence-electron chi connectivity index (χ1n) is 8.43. The quantitative estimate of drug-likeness (QED) is 0.383. The minimum Gasteiger partial charge on any atom is -0.488 e. The topological polar surface area (TPSA) is 48.4 Å². The molecule has 0 radical (unpaired) electrons. The van der Waals surface area contributed by atoms with Crippen LogP contribution in [0.15, 0.2) is 46.3 Å². The van der Waals surface area contributed by atoms with E-state index in [4.69, 9.17) is 21.1 Å². The first kappa shape index (κ1) is 20.8. The van der Waals surface area contributed by atoms with Gasteiger partial charge in [0.25, 0.3) is 0 Å². The number of hydrogen-bond acceptors (Lipinski definition) is 5. The lowest BCUT2D eigenvalue weighted by Crippen LogP contribution is -2.05. The third-order valence-electron chi connectivity index (χ3n) is 3.80. The molecule has 0 aliphatic heterocycles. The van der Waals surface area contributed by atoms with E-state index < -0.39 is 5.97 Å². The second kappa shape index (κ2) is 9.49. The van der Waals surface area contributed by atoms with Crippen LogP contribution in [0.5, 0.6) is 5.75 Å². The van der Waals surface area contributed by atoms with E-state index in [1.165, 1.54) is 17.4 Å². The molecule has 0 aliphatic carbocycles. The van der Waals surface area contributed by atoms with Crippen LogP contribution in [0.4, 0.5) is 4.39 Å². The predicted octanol–water partition coefficient (Wildman–Crippen LogP) is 6.04. The second-order valence-electron chi connectivity index (χ2n) is 5.80. The van der Waals surface area contributed by atoms with Gasteiger partial charge < -0.3 is 9.47 Å². The van der Waals surface area contributed by atoms with E-state index >= 15 is 0 Å². The normalized spacial score (nSPS) is 10.7. The van der Waals surface area contributed by atoms with Crippen molar-refractivity contribution >= 4 is 44.8 Å². The Hall–Kier alpha value is -1.96. The Labute approximate surface area is 179 Å². The Kier molecular flexibility index (Phi) is 7.04. The van der Waals surface area contributed by atoms with Gasteiger partial charge in [0.1, 0.15) is 18.2 Å². The highest BCUT2D eigenvalue weighted by atomic mass is 79.9. The van der Waals surface area contributed by atoms with Crippen LogP contribution in [0.2, 0.25) is 5.02 Å². The third-order valence-corrected chi connectivity index (χ3v) is 5.38. The number of ether oxygens (including phenoxy) is 2. The molecular weight excluding hydrogens is 469 g/mol. The first-order valence-corrected chi connectivity index (χ1v) is 10.5. The maximum atomic E-state index is 14.0. The molecule has 0 amide bonds. The van der Waals surface area contributed by atoms with Crippen LogP contribution in [-0.2, 0) is 17.8 Å². The van der Waals surface area contributed by atoms with Gasteiger partial charge in [-0.3, -0.25) is 0 Å². The molecule has 0 spiro atoms. The van der Waals surface area contributed by atoms with Crippen molar-refractivity contribution in [3.05, 3.63) is 78.9 Å². The molecule has 0 fully saturated rings. The van der Waals surface area contributed by atoms with E-state index in [1.807, 2.05) is 0 Å². The number of aromatic nitrogens is 1. The number of thiazole rings is 1. The van der Waals surface area contributed by atoms with Crippen molar-refractivity contribution in [2.45, 2.75) is 20.0 Å². The molecule has 28 heavy (non-hydrogen) atoms.